The summed E-state index contributed by atoms with van der Waals surface area (Å²) < 4.78 is 38.8. The molecule has 1 aromatic carbocycles. The number of hydrogen-bond donors (Lipinski definition) is 2. The number of benzene rings is 1. The minimum absolute atomic E-state index is 0.162. The van der Waals surface area contributed by atoms with Gasteiger partial charge in [-0.3, -0.25) is 0 Å². The van der Waals surface area contributed by atoms with Crippen molar-refractivity contribution in [2.24, 2.45) is 5.92 Å². The monoisotopic (exact) mass is 274 g/mol. The fourth-order valence-corrected chi connectivity index (χ4v) is 1.66. The normalized spacial score (nSPS) is 13.0. The summed E-state index contributed by atoms with van der Waals surface area (Å²) in [5.74, 6) is -3.15. The molecule has 1 rings (SSSR count). The van der Waals surface area contributed by atoms with Crippen LogP contribution in [0.15, 0.2) is 12.1 Å². The van der Waals surface area contributed by atoms with Crippen LogP contribution in [0.5, 0.6) is 0 Å². The molecule has 0 aliphatic heterocycles. The summed E-state index contributed by atoms with van der Waals surface area (Å²) in [6.07, 6.45) is 0. The molecular weight excluding hydrogens is 253 g/mol. The highest BCUT2D eigenvalue weighted by Crippen LogP contribution is 2.13. The highest BCUT2D eigenvalue weighted by Gasteiger charge is 2.11. The van der Waals surface area contributed by atoms with Gasteiger partial charge in [0.15, 0.2) is 17.5 Å². The van der Waals surface area contributed by atoms with E-state index < -0.39 is 17.5 Å². The molecule has 1 aromatic rings. The van der Waals surface area contributed by atoms with Gasteiger partial charge in [0.05, 0.1) is 0 Å². The second-order valence-electron chi connectivity index (χ2n) is 5.21. The highest BCUT2D eigenvalue weighted by molar-refractivity contribution is 5.19. The Labute approximate surface area is 112 Å². The van der Waals surface area contributed by atoms with Crippen molar-refractivity contribution in [2.45, 2.75) is 33.4 Å². The smallest absolute Gasteiger partial charge is 0.194 e. The quantitative estimate of drug-likeness (QED) is 0.747. The summed E-state index contributed by atoms with van der Waals surface area (Å²) in [5, 5.41) is 6.41. The third-order valence-corrected chi connectivity index (χ3v) is 2.70. The summed E-state index contributed by atoms with van der Waals surface area (Å²) in [7, 11) is 0. The Kier molecular flexibility index (Phi) is 6.31. The van der Waals surface area contributed by atoms with E-state index in [0.717, 1.165) is 25.2 Å². The van der Waals surface area contributed by atoms with Crippen LogP contribution < -0.4 is 10.6 Å². The van der Waals surface area contributed by atoms with Gasteiger partial charge in [0, 0.05) is 19.1 Å². The minimum atomic E-state index is -1.42. The first kappa shape index (κ1) is 16.0. The van der Waals surface area contributed by atoms with Gasteiger partial charge in [-0.15, -0.1) is 0 Å². The number of nitrogens with one attached hydrogen (secondary N) is 2. The second kappa shape index (κ2) is 7.50. The predicted octanol–water partition coefficient (Wildman–Crippen LogP) is 2.83. The van der Waals surface area contributed by atoms with Gasteiger partial charge >= 0.3 is 0 Å². The average molecular weight is 274 g/mol. The van der Waals surface area contributed by atoms with Gasteiger partial charge in [-0.25, -0.2) is 13.2 Å². The van der Waals surface area contributed by atoms with Gasteiger partial charge in [0.1, 0.15) is 0 Å². The molecule has 0 aliphatic carbocycles. The second-order valence-corrected chi connectivity index (χ2v) is 5.21. The van der Waals surface area contributed by atoms with Gasteiger partial charge in [-0.2, -0.15) is 0 Å². The lowest BCUT2D eigenvalue weighted by atomic mass is 10.2. The van der Waals surface area contributed by atoms with Gasteiger partial charge in [0.2, 0.25) is 0 Å². The van der Waals surface area contributed by atoms with E-state index in [2.05, 4.69) is 24.5 Å². The molecule has 0 aliphatic rings. The van der Waals surface area contributed by atoms with Crippen molar-refractivity contribution in [1.29, 1.82) is 0 Å². The van der Waals surface area contributed by atoms with Crippen molar-refractivity contribution in [2.75, 3.05) is 13.1 Å². The van der Waals surface area contributed by atoms with Crippen LogP contribution in [-0.2, 0) is 6.54 Å². The molecule has 19 heavy (non-hydrogen) atoms. The Balaban J connectivity index is 2.40. The molecule has 5 heteroatoms. The van der Waals surface area contributed by atoms with Crippen LogP contribution in [-0.4, -0.2) is 19.1 Å². The van der Waals surface area contributed by atoms with Gasteiger partial charge in [-0.1, -0.05) is 13.8 Å². The van der Waals surface area contributed by atoms with Crippen molar-refractivity contribution in [1.82, 2.24) is 10.6 Å². The van der Waals surface area contributed by atoms with Crippen LogP contribution >= 0.6 is 0 Å². The van der Waals surface area contributed by atoms with E-state index >= 15 is 0 Å². The average Bonchev–Trinajstić information content (AvgIpc) is 2.32. The highest BCUT2D eigenvalue weighted by atomic mass is 19.2. The van der Waals surface area contributed by atoms with Crippen LogP contribution in [0, 0.1) is 23.4 Å². The topological polar surface area (TPSA) is 24.1 Å². The molecule has 0 bridgehead atoms. The summed E-state index contributed by atoms with van der Waals surface area (Å²) in [5.41, 5.74) is 0.395. The van der Waals surface area contributed by atoms with Crippen LogP contribution in [0.1, 0.15) is 26.3 Å². The zero-order chi connectivity index (χ0) is 14.4. The molecule has 108 valence electrons. The summed E-state index contributed by atoms with van der Waals surface area (Å²) in [4.78, 5) is 0. The largest absolute Gasteiger partial charge is 0.315 e. The third-order valence-electron chi connectivity index (χ3n) is 2.70. The molecule has 2 N–H and O–H groups in total. The van der Waals surface area contributed by atoms with E-state index in [1.807, 2.05) is 6.92 Å². The molecule has 0 aromatic heterocycles. The maximum atomic E-state index is 13.0. The Hall–Kier alpha value is -1.07. The third kappa shape index (κ3) is 5.61. The van der Waals surface area contributed by atoms with E-state index in [1.54, 1.807) is 0 Å². The molecule has 0 radical (unpaired) electrons. The van der Waals surface area contributed by atoms with Crippen LogP contribution in [0.2, 0.25) is 0 Å². The Morgan fingerprint density at radius 3 is 2.11 bits per heavy atom. The number of hydrogen-bond acceptors (Lipinski definition) is 2. The molecule has 1 unspecified atom stereocenters. The van der Waals surface area contributed by atoms with Crippen molar-refractivity contribution >= 4 is 0 Å². The molecule has 0 spiro atoms. The molecule has 1 atom stereocenters. The van der Waals surface area contributed by atoms with Crippen LogP contribution in [0.4, 0.5) is 13.2 Å². The van der Waals surface area contributed by atoms with E-state index in [1.165, 1.54) is 0 Å². The Morgan fingerprint density at radius 1 is 1.00 bits per heavy atom. The van der Waals surface area contributed by atoms with Crippen molar-refractivity contribution in [3.63, 3.8) is 0 Å². The zero-order valence-electron chi connectivity index (χ0n) is 11.6. The van der Waals surface area contributed by atoms with Crippen molar-refractivity contribution < 1.29 is 13.2 Å². The van der Waals surface area contributed by atoms with E-state index in [-0.39, 0.29) is 6.04 Å². The van der Waals surface area contributed by atoms with E-state index in [4.69, 9.17) is 0 Å². The lowest BCUT2D eigenvalue weighted by Gasteiger charge is -2.16. The molecule has 0 saturated carbocycles. The van der Waals surface area contributed by atoms with Crippen molar-refractivity contribution in [3.05, 3.63) is 35.1 Å². The van der Waals surface area contributed by atoms with E-state index in [0.29, 0.717) is 18.0 Å². The maximum Gasteiger partial charge on any atom is 0.194 e. The summed E-state index contributed by atoms with van der Waals surface area (Å²) >= 11 is 0. The van der Waals surface area contributed by atoms with E-state index in [9.17, 15) is 13.2 Å². The first-order chi connectivity index (χ1) is 8.90. The number of halogens is 3. The molecule has 0 fully saturated rings. The fraction of sp³-hybridized carbons (Fsp3) is 0.571. The molecule has 0 amide bonds. The summed E-state index contributed by atoms with van der Waals surface area (Å²) in [6.45, 7) is 8.21. The minimum Gasteiger partial charge on any atom is -0.315 e. The lowest BCUT2D eigenvalue weighted by Crippen LogP contribution is -2.37. The maximum absolute atomic E-state index is 13.0. The van der Waals surface area contributed by atoms with Crippen molar-refractivity contribution in [3.8, 4) is 0 Å². The predicted molar refractivity (Wildman–Crippen MR) is 70.3 cm³/mol. The number of rotatable bonds is 7. The first-order valence-corrected chi connectivity index (χ1v) is 6.47. The Bertz CT molecular complexity index is 385. The molecule has 0 saturated heterocycles. The van der Waals surface area contributed by atoms with Gasteiger partial charge in [0.25, 0.3) is 0 Å². The SMILES string of the molecule is CC(C)CNCC(C)NCc1cc(F)c(F)c(F)c1. The first-order valence-electron chi connectivity index (χ1n) is 6.47. The lowest BCUT2D eigenvalue weighted by molar-refractivity contribution is 0.440. The van der Waals surface area contributed by atoms with Crippen LogP contribution in [0.25, 0.3) is 0 Å². The standard InChI is InChI=1S/C14H21F3N2/c1-9(2)6-18-7-10(3)19-8-11-4-12(15)14(17)13(16)5-11/h4-5,9-10,18-19H,6-8H2,1-3H3. The fourth-order valence-electron chi connectivity index (χ4n) is 1.66. The van der Waals surface area contributed by atoms with Crippen LogP contribution in [0.3, 0.4) is 0 Å². The Morgan fingerprint density at radius 2 is 1.58 bits per heavy atom. The summed E-state index contributed by atoms with van der Waals surface area (Å²) in [6, 6.07) is 2.19. The molecule has 2 nitrogen and oxygen atoms in total. The molecular formula is C14H21F3N2. The van der Waals surface area contributed by atoms with Gasteiger partial charge in [-0.05, 0) is 37.1 Å². The molecule has 0 heterocycles. The zero-order valence-corrected chi connectivity index (χ0v) is 11.6. The van der Waals surface area contributed by atoms with Gasteiger partial charge < -0.3 is 10.6 Å².